The van der Waals surface area contributed by atoms with E-state index >= 15 is 0 Å². The quantitative estimate of drug-likeness (QED) is 0.269. The number of aliphatic hydroxyl groups excluding tert-OH is 1. The summed E-state index contributed by atoms with van der Waals surface area (Å²) >= 11 is 5.56. The summed E-state index contributed by atoms with van der Waals surface area (Å²) in [5.41, 5.74) is 1.32. The molecule has 1 aliphatic heterocycles. The number of rotatable bonds is 6. The Hall–Kier alpha value is -3.36. The van der Waals surface area contributed by atoms with Gasteiger partial charge in [-0.2, -0.15) is 4.57 Å². The number of thiocarbonyl (C=S) groups is 1. The van der Waals surface area contributed by atoms with Crippen molar-refractivity contribution in [3.05, 3.63) is 78.0 Å². The maximum absolute atomic E-state index is 13.5. The van der Waals surface area contributed by atoms with Crippen molar-refractivity contribution in [2.45, 2.75) is 13.2 Å². The first-order valence-corrected chi connectivity index (χ1v) is 9.80. The van der Waals surface area contributed by atoms with E-state index < -0.39 is 0 Å². The third-order valence-corrected chi connectivity index (χ3v) is 4.88. The number of pyridine rings is 1. The zero-order valence-electron chi connectivity index (χ0n) is 16.0. The molecule has 0 saturated carbocycles. The number of furan rings is 1. The molecular formula is C22H20N2O5S. The van der Waals surface area contributed by atoms with Crippen LogP contribution in [0, 0.1) is 0 Å². The monoisotopic (exact) mass is 424 g/mol. The van der Waals surface area contributed by atoms with E-state index in [0.717, 1.165) is 0 Å². The molecule has 0 bridgehead atoms. The van der Waals surface area contributed by atoms with Gasteiger partial charge in [-0.1, -0.05) is 18.3 Å². The van der Waals surface area contributed by atoms with Crippen LogP contribution in [-0.2, 0) is 13.2 Å². The molecule has 4 rings (SSSR count). The van der Waals surface area contributed by atoms with Crippen molar-refractivity contribution < 1.29 is 28.7 Å². The summed E-state index contributed by atoms with van der Waals surface area (Å²) in [5.74, 6) is 1.53. The average molecular weight is 424 g/mol. The molecule has 1 aliphatic rings. The van der Waals surface area contributed by atoms with E-state index in [0.29, 0.717) is 48.1 Å². The number of hydrogen-bond acceptors (Lipinski definition) is 6. The molecule has 0 saturated heterocycles. The molecule has 0 unspecified atom stereocenters. The third-order valence-electron chi connectivity index (χ3n) is 4.54. The van der Waals surface area contributed by atoms with E-state index in [-0.39, 0.29) is 23.1 Å². The summed E-state index contributed by atoms with van der Waals surface area (Å²) in [7, 11) is 0. The first kappa shape index (κ1) is 19.9. The molecule has 0 aliphatic carbocycles. The fourth-order valence-corrected chi connectivity index (χ4v) is 3.35. The highest BCUT2D eigenvalue weighted by atomic mass is 32.1. The van der Waals surface area contributed by atoms with E-state index in [1.54, 1.807) is 59.6 Å². The first-order valence-electron chi connectivity index (χ1n) is 9.39. The maximum atomic E-state index is 13.5. The number of hydrogen-bond donors (Lipinski definition) is 2. The minimum atomic E-state index is -0.288. The topological polar surface area (TPSA) is 90.8 Å². The van der Waals surface area contributed by atoms with Gasteiger partial charge in [0.05, 0.1) is 19.4 Å². The van der Waals surface area contributed by atoms with Crippen molar-refractivity contribution in [1.29, 1.82) is 0 Å². The lowest BCUT2D eigenvalue weighted by Crippen LogP contribution is -2.42. The fourth-order valence-electron chi connectivity index (χ4n) is 3.08. The van der Waals surface area contributed by atoms with Crippen LogP contribution in [0.1, 0.15) is 16.9 Å². The van der Waals surface area contributed by atoms with Crippen molar-refractivity contribution >= 4 is 28.7 Å². The van der Waals surface area contributed by atoms with Gasteiger partial charge in [-0.3, -0.25) is 0 Å². The lowest BCUT2D eigenvalue weighted by Gasteiger charge is -2.21. The lowest BCUT2D eigenvalue weighted by molar-refractivity contribution is -0.578. The van der Waals surface area contributed by atoms with Crippen molar-refractivity contribution in [3.8, 4) is 11.5 Å². The number of fused-ring (bicyclic) bond motifs is 1. The van der Waals surface area contributed by atoms with E-state index in [1.165, 1.54) is 0 Å². The van der Waals surface area contributed by atoms with Gasteiger partial charge in [-0.15, -0.1) is 0 Å². The second kappa shape index (κ2) is 8.98. The largest absolute Gasteiger partial charge is 0.867 e. The van der Waals surface area contributed by atoms with Crippen LogP contribution < -0.4 is 24.5 Å². The molecule has 1 aromatic carbocycles. The van der Waals surface area contributed by atoms with Crippen LogP contribution in [0.15, 0.2) is 65.5 Å². The van der Waals surface area contributed by atoms with Crippen molar-refractivity contribution in [3.63, 3.8) is 0 Å². The van der Waals surface area contributed by atoms with Gasteiger partial charge in [0, 0.05) is 11.6 Å². The number of nitrogens with zero attached hydrogens (tertiary/aromatic N) is 1. The Bertz CT molecular complexity index is 1080. The predicted octanol–water partition coefficient (Wildman–Crippen LogP) is 1.63. The van der Waals surface area contributed by atoms with Gasteiger partial charge in [0.2, 0.25) is 5.70 Å². The Morgan fingerprint density at radius 3 is 2.73 bits per heavy atom. The zero-order valence-corrected chi connectivity index (χ0v) is 16.9. The zero-order chi connectivity index (χ0) is 20.9. The Kier molecular flexibility index (Phi) is 5.97. The molecule has 3 heterocycles. The summed E-state index contributed by atoms with van der Waals surface area (Å²) in [6, 6.07) is 12.2. The molecule has 2 aromatic heterocycles. The fraction of sp³-hybridized carbons (Fsp3) is 0.182. The van der Waals surface area contributed by atoms with Gasteiger partial charge in [-0.25, -0.2) is 0 Å². The van der Waals surface area contributed by atoms with Gasteiger partial charge < -0.3 is 29.4 Å². The van der Waals surface area contributed by atoms with Gasteiger partial charge in [-0.05, 0) is 41.7 Å². The molecule has 7 nitrogen and oxygen atoms in total. The molecule has 0 atom stereocenters. The van der Waals surface area contributed by atoms with Crippen LogP contribution in [0.3, 0.4) is 0 Å². The highest BCUT2D eigenvalue weighted by Gasteiger charge is 2.21. The minimum Gasteiger partial charge on any atom is -0.867 e. The van der Waals surface area contributed by atoms with Crippen molar-refractivity contribution in [2.24, 2.45) is 0 Å². The number of benzene rings is 1. The van der Waals surface area contributed by atoms with E-state index in [2.05, 4.69) is 5.32 Å². The molecule has 3 aromatic rings. The van der Waals surface area contributed by atoms with Gasteiger partial charge in [0.1, 0.15) is 19.0 Å². The van der Waals surface area contributed by atoms with Crippen molar-refractivity contribution in [2.75, 3.05) is 13.2 Å². The smallest absolute Gasteiger partial charge is 0.237 e. The summed E-state index contributed by atoms with van der Waals surface area (Å²) in [4.78, 5) is 0.256. The lowest BCUT2D eigenvalue weighted by atomic mass is 10.1. The van der Waals surface area contributed by atoms with Crippen LogP contribution in [-0.4, -0.2) is 23.3 Å². The Labute approximate surface area is 178 Å². The van der Waals surface area contributed by atoms with E-state index in [4.69, 9.17) is 26.1 Å². The second-order valence-corrected chi connectivity index (χ2v) is 6.98. The van der Waals surface area contributed by atoms with Crippen LogP contribution in [0.5, 0.6) is 11.5 Å². The van der Waals surface area contributed by atoms with E-state index in [9.17, 15) is 10.2 Å². The second-order valence-electron chi connectivity index (χ2n) is 6.58. The highest BCUT2D eigenvalue weighted by Crippen LogP contribution is 2.32. The minimum absolute atomic E-state index is 0.154. The van der Waals surface area contributed by atoms with Gasteiger partial charge >= 0.3 is 0 Å². The molecule has 2 N–H and O–H groups in total. The summed E-state index contributed by atoms with van der Waals surface area (Å²) in [6.07, 6.45) is 4.96. The van der Waals surface area contributed by atoms with Crippen LogP contribution in [0.4, 0.5) is 0 Å². The highest BCUT2D eigenvalue weighted by molar-refractivity contribution is 7.81. The number of aromatic nitrogens is 1. The van der Waals surface area contributed by atoms with Crippen LogP contribution >= 0.6 is 12.2 Å². The van der Waals surface area contributed by atoms with E-state index in [1.807, 2.05) is 6.07 Å². The predicted molar refractivity (Wildman–Crippen MR) is 111 cm³/mol. The van der Waals surface area contributed by atoms with Crippen LogP contribution in [0.25, 0.3) is 11.5 Å². The molecule has 0 spiro atoms. The molecule has 154 valence electrons. The standard InChI is InChI=1S/C22H20N2O5S/c25-14-15-3-1-7-24(13-15)20(22(30)23-12-17-4-2-8-27-17)21(26)16-5-6-18-19(11-16)29-10-9-28-18/h1-8,11,13,25H,9-10,12,14H2,(H-,23,26,30). The number of ether oxygens (including phenoxy) is 2. The molecule has 30 heavy (non-hydrogen) atoms. The molecule has 0 radical (unpaired) electrons. The van der Waals surface area contributed by atoms with Crippen LogP contribution in [0.2, 0.25) is 0 Å². The number of nitrogens with one attached hydrogen (secondary N) is 1. The molecule has 8 heteroatoms. The van der Waals surface area contributed by atoms with Gasteiger partial charge in [0.25, 0.3) is 0 Å². The number of aliphatic hydroxyl groups is 1. The summed E-state index contributed by atoms with van der Waals surface area (Å²) < 4.78 is 18.1. The SMILES string of the molecule is [O-]/C(=C(\C(=S)NCc1ccco1)[n+]1cccc(CO)c1)c1ccc2c(c1)OCCO2. The van der Waals surface area contributed by atoms with Gasteiger partial charge in [0.15, 0.2) is 28.9 Å². The Morgan fingerprint density at radius 1 is 1.13 bits per heavy atom. The average Bonchev–Trinajstić information content (AvgIpc) is 3.31. The molecule has 0 fully saturated rings. The Morgan fingerprint density at radius 2 is 1.97 bits per heavy atom. The normalized spacial score (nSPS) is 13.5. The molecular weight excluding hydrogens is 404 g/mol. The summed E-state index contributed by atoms with van der Waals surface area (Å²) in [6.45, 7) is 1.09. The summed E-state index contributed by atoms with van der Waals surface area (Å²) in [5, 5.41) is 26.0. The molecule has 0 amide bonds. The Balaban J connectivity index is 1.73. The van der Waals surface area contributed by atoms with Crippen molar-refractivity contribution in [1.82, 2.24) is 5.32 Å². The maximum Gasteiger partial charge on any atom is 0.237 e. The first-order chi connectivity index (χ1) is 14.7. The third kappa shape index (κ3) is 4.29.